The van der Waals surface area contributed by atoms with Crippen molar-refractivity contribution < 1.29 is 5.11 Å². The van der Waals surface area contributed by atoms with Gasteiger partial charge in [-0.25, -0.2) is 4.98 Å². The Labute approximate surface area is 101 Å². The number of rotatable bonds is 7. The number of hydrogen-bond acceptors (Lipinski definition) is 4. The van der Waals surface area contributed by atoms with Crippen LogP contribution in [0.3, 0.4) is 0 Å². The second-order valence-electron chi connectivity index (χ2n) is 4.29. The molecule has 0 amide bonds. The molecule has 0 aliphatic heterocycles. The molecule has 3 nitrogen and oxygen atoms in total. The van der Waals surface area contributed by atoms with E-state index in [1.54, 1.807) is 11.8 Å². The number of hydrogen-bond donors (Lipinski definition) is 2. The topological polar surface area (TPSA) is 59.1 Å². The summed E-state index contributed by atoms with van der Waals surface area (Å²) in [4.78, 5) is 4.24. The monoisotopic (exact) mass is 240 g/mol. The summed E-state index contributed by atoms with van der Waals surface area (Å²) in [6, 6.07) is 5.94. The minimum Gasteiger partial charge on any atom is -0.394 e. The van der Waals surface area contributed by atoms with Gasteiger partial charge >= 0.3 is 0 Å². The molecule has 0 aliphatic rings. The van der Waals surface area contributed by atoms with Crippen molar-refractivity contribution in [3.05, 3.63) is 24.4 Å². The van der Waals surface area contributed by atoms with Gasteiger partial charge in [-0.2, -0.15) is 0 Å². The minimum atomic E-state index is -0.421. The molecular weight excluding hydrogens is 220 g/mol. The smallest absolute Gasteiger partial charge is 0.0959 e. The van der Waals surface area contributed by atoms with Crippen molar-refractivity contribution in [3.63, 3.8) is 0 Å². The van der Waals surface area contributed by atoms with Crippen LogP contribution >= 0.6 is 11.8 Å². The molecule has 4 heteroatoms. The Morgan fingerprint density at radius 2 is 2.25 bits per heavy atom. The van der Waals surface area contributed by atoms with Crippen LogP contribution < -0.4 is 5.73 Å². The molecule has 1 aromatic heterocycles. The van der Waals surface area contributed by atoms with Crippen molar-refractivity contribution in [2.45, 2.75) is 36.8 Å². The molecule has 0 aliphatic carbocycles. The van der Waals surface area contributed by atoms with Crippen LogP contribution in [0.15, 0.2) is 29.4 Å². The Balaban J connectivity index is 2.09. The van der Waals surface area contributed by atoms with Crippen LogP contribution in [0.5, 0.6) is 0 Å². The van der Waals surface area contributed by atoms with Gasteiger partial charge in [0.25, 0.3) is 0 Å². The predicted octanol–water partition coefficient (Wildman–Crippen LogP) is 2.05. The lowest BCUT2D eigenvalue weighted by Crippen LogP contribution is -2.39. The SMILES string of the molecule is CC(N)(CO)CCCCSc1ccccn1. The molecule has 3 N–H and O–H groups in total. The first kappa shape index (κ1) is 13.5. The van der Waals surface area contributed by atoms with Crippen LogP contribution in [-0.2, 0) is 0 Å². The molecule has 0 spiro atoms. The Kier molecular flexibility index (Phi) is 5.80. The Bertz CT molecular complexity index is 290. The van der Waals surface area contributed by atoms with Crippen molar-refractivity contribution in [1.82, 2.24) is 4.98 Å². The molecule has 0 radical (unpaired) electrons. The quantitative estimate of drug-likeness (QED) is 0.566. The summed E-state index contributed by atoms with van der Waals surface area (Å²) < 4.78 is 0. The summed E-state index contributed by atoms with van der Waals surface area (Å²) >= 11 is 1.76. The minimum absolute atomic E-state index is 0.0559. The van der Waals surface area contributed by atoms with Gasteiger partial charge in [0.05, 0.1) is 11.6 Å². The van der Waals surface area contributed by atoms with Crippen LogP contribution in [0.4, 0.5) is 0 Å². The van der Waals surface area contributed by atoms with E-state index in [2.05, 4.69) is 4.98 Å². The Morgan fingerprint density at radius 1 is 1.44 bits per heavy atom. The van der Waals surface area contributed by atoms with E-state index < -0.39 is 5.54 Å². The Morgan fingerprint density at radius 3 is 2.88 bits per heavy atom. The second-order valence-corrected chi connectivity index (χ2v) is 5.40. The molecule has 0 aromatic carbocycles. The predicted molar refractivity (Wildman–Crippen MR) is 68.5 cm³/mol. The first-order chi connectivity index (χ1) is 7.64. The summed E-state index contributed by atoms with van der Waals surface area (Å²) in [5, 5.41) is 10.1. The molecule has 0 bridgehead atoms. The van der Waals surface area contributed by atoms with E-state index in [1.165, 1.54) is 0 Å². The average Bonchev–Trinajstić information content (AvgIpc) is 2.30. The average molecular weight is 240 g/mol. The number of aromatic nitrogens is 1. The van der Waals surface area contributed by atoms with Gasteiger partial charge in [0.2, 0.25) is 0 Å². The van der Waals surface area contributed by atoms with E-state index in [0.717, 1.165) is 30.0 Å². The first-order valence-electron chi connectivity index (χ1n) is 5.58. The van der Waals surface area contributed by atoms with E-state index in [1.807, 2.05) is 31.3 Å². The van der Waals surface area contributed by atoms with Crippen molar-refractivity contribution in [3.8, 4) is 0 Å². The van der Waals surface area contributed by atoms with Crippen LogP contribution in [0, 0.1) is 0 Å². The lowest BCUT2D eigenvalue weighted by Gasteiger charge is -2.21. The van der Waals surface area contributed by atoms with Gasteiger partial charge in [0.1, 0.15) is 0 Å². The van der Waals surface area contributed by atoms with Crippen LogP contribution in [-0.4, -0.2) is 28.0 Å². The molecule has 1 aromatic rings. The first-order valence-corrected chi connectivity index (χ1v) is 6.56. The summed E-state index contributed by atoms with van der Waals surface area (Å²) in [5.74, 6) is 1.05. The van der Waals surface area contributed by atoms with Gasteiger partial charge in [-0.3, -0.25) is 0 Å². The van der Waals surface area contributed by atoms with Crippen molar-refractivity contribution in [2.24, 2.45) is 5.73 Å². The highest BCUT2D eigenvalue weighted by molar-refractivity contribution is 7.99. The maximum absolute atomic E-state index is 8.99. The number of unbranched alkanes of at least 4 members (excludes halogenated alkanes) is 1. The van der Waals surface area contributed by atoms with Crippen LogP contribution in [0.1, 0.15) is 26.2 Å². The maximum Gasteiger partial charge on any atom is 0.0959 e. The molecule has 1 unspecified atom stereocenters. The fourth-order valence-corrected chi connectivity index (χ4v) is 2.19. The molecule has 1 rings (SSSR count). The van der Waals surface area contributed by atoms with E-state index >= 15 is 0 Å². The molecule has 0 saturated heterocycles. The summed E-state index contributed by atoms with van der Waals surface area (Å²) in [5.41, 5.74) is 5.42. The number of aliphatic hydroxyl groups is 1. The molecule has 1 heterocycles. The zero-order valence-electron chi connectivity index (χ0n) is 9.72. The number of aliphatic hydroxyl groups excluding tert-OH is 1. The van der Waals surface area contributed by atoms with E-state index in [4.69, 9.17) is 10.8 Å². The van der Waals surface area contributed by atoms with Gasteiger partial charge in [0.15, 0.2) is 0 Å². The highest BCUT2D eigenvalue weighted by Crippen LogP contribution is 2.17. The normalized spacial score (nSPS) is 14.7. The standard InChI is InChI=1S/C12H20N2OS/c1-12(13,10-15)7-3-5-9-16-11-6-2-4-8-14-11/h2,4,6,8,15H,3,5,7,9-10,13H2,1H3. The number of nitrogens with zero attached hydrogens (tertiary/aromatic N) is 1. The Hall–Kier alpha value is -0.580. The highest BCUT2D eigenvalue weighted by Gasteiger charge is 2.15. The van der Waals surface area contributed by atoms with Crippen molar-refractivity contribution in [1.29, 1.82) is 0 Å². The third-order valence-corrected chi connectivity index (χ3v) is 3.42. The van der Waals surface area contributed by atoms with E-state index in [-0.39, 0.29) is 6.61 Å². The number of nitrogens with two attached hydrogens (primary N) is 1. The molecule has 90 valence electrons. The summed E-state index contributed by atoms with van der Waals surface area (Å²) in [6.45, 7) is 1.94. The number of pyridine rings is 1. The van der Waals surface area contributed by atoms with Crippen LogP contribution in [0.25, 0.3) is 0 Å². The van der Waals surface area contributed by atoms with Crippen molar-refractivity contribution >= 4 is 11.8 Å². The fraction of sp³-hybridized carbons (Fsp3) is 0.583. The molecule has 0 saturated carbocycles. The third-order valence-electron chi connectivity index (χ3n) is 2.39. The van der Waals surface area contributed by atoms with Gasteiger partial charge in [0, 0.05) is 11.7 Å². The molecular formula is C12H20N2OS. The second kappa shape index (κ2) is 6.89. The van der Waals surface area contributed by atoms with Gasteiger partial charge in [-0.05, 0) is 37.7 Å². The van der Waals surface area contributed by atoms with Crippen molar-refractivity contribution in [2.75, 3.05) is 12.4 Å². The molecule has 1 atom stereocenters. The lowest BCUT2D eigenvalue weighted by atomic mass is 9.98. The van der Waals surface area contributed by atoms with Crippen LogP contribution in [0.2, 0.25) is 0 Å². The third kappa shape index (κ3) is 5.49. The zero-order valence-corrected chi connectivity index (χ0v) is 10.5. The van der Waals surface area contributed by atoms with E-state index in [0.29, 0.717) is 0 Å². The molecule has 0 fully saturated rings. The maximum atomic E-state index is 8.99. The van der Waals surface area contributed by atoms with Gasteiger partial charge in [-0.1, -0.05) is 12.5 Å². The molecule has 16 heavy (non-hydrogen) atoms. The largest absolute Gasteiger partial charge is 0.394 e. The van der Waals surface area contributed by atoms with E-state index in [9.17, 15) is 0 Å². The van der Waals surface area contributed by atoms with Gasteiger partial charge < -0.3 is 10.8 Å². The van der Waals surface area contributed by atoms with Gasteiger partial charge in [-0.15, -0.1) is 11.8 Å². The highest BCUT2D eigenvalue weighted by atomic mass is 32.2. The zero-order chi connectivity index (χ0) is 11.9. The number of thioether (sulfide) groups is 1. The lowest BCUT2D eigenvalue weighted by molar-refractivity contribution is 0.198. The summed E-state index contributed by atoms with van der Waals surface area (Å²) in [7, 11) is 0. The fourth-order valence-electron chi connectivity index (χ4n) is 1.32. The summed E-state index contributed by atoms with van der Waals surface area (Å²) in [6.07, 6.45) is 4.83.